The zero-order valence-electron chi connectivity index (χ0n) is 11.9. The van der Waals surface area contributed by atoms with Crippen molar-refractivity contribution in [3.05, 3.63) is 18.2 Å². The van der Waals surface area contributed by atoms with Gasteiger partial charge in [-0.3, -0.25) is 0 Å². The van der Waals surface area contributed by atoms with Gasteiger partial charge in [-0.2, -0.15) is 0 Å². The van der Waals surface area contributed by atoms with Gasteiger partial charge in [-0.1, -0.05) is 6.92 Å². The maximum Gasteiger partial charge on any atom is 0.244 e. The lowest BCUT2D eigenvalue weighted by atomic mass is 10.2. The first kappa shape index (κ1) is 16.7. The van der Waals surface area contributed by atoms with Crippen LogP contribution in [0.4, 0.5) is 0 Å². The molecule has 0 radical (unpaired) electrons. The van der Waals surface area contributed by atoms with Gasteiger partial charge in [0.1, 0.15) is 16.4 Å². The molecule has 6 nitrogen and oxygen atoms in total. The molecule has 1 rings (SSSR count). The van der Waals surface area contributed by atoms with Gasteiger partial charge in [-0.05, 0) is 25.0 Å². The number of hydrogen-bond donors (Lipinski definition) is 2. The lowest BCUT2D eigenvalue weighted by Gasteiger charge is -2.13. The van der Waals surface area contributed by atoms with Gasteiger partial charge in [0.05, 0.1) is 20.3 Å². The van der Waals surface area contributed by atoms with Gasteiger partial charge < -0.3 is 14.6 Å². The minimum atomic E-state index is -3.67. The van der Waals surface area contributed by atoms with Crippen LogP contribution >= 0.6 is 0 Å². The molecule has 0 aliphatic heterocycles. The summed E-state index contributed by atoms with van der Waals surface area (Å²) in [4.78, 5) is 0.0480. The van der Waals surface area contributed by atoms with Crippen LogP contribution in [-0.4, -0.2) is 40.4 Å². The van der Waals surface area contributed by atoms with E-state index in [1.807, 2.05) is 6.92 Å². The summed E-state index contributed by atoms with van der Waals surface area (Å²) in [5, 5.41) is 9.42. The molecular formula is C13H21NO5S. The minimum absolute atomic E-state index is 0.0480. The third-order valence-electron chi connectivity index (χ3n) is 2.90. The van der Waals surface area contributed by atoms with Crippen LogP contribution in [0.5, 0.6) is 11.5 Å². The number of rotatable bonds is 8. The average molecular weight is 303 g/mol. The average Bonchev–Trinajstić information content (AvgIpc) is 2.45. The molecule has 1 aromatic carbocycles. The first-order valence-corrected chi connectivity index (χ1v) is 7.82. The van der Waals surface area contributed by atoms with Crippen molar-refractivity contribution in [1.82, 2.24) is 4.72 Å². The number of hydrogen-bond acceptors (Lipinski definition) is 5. The van der Waals surface area contributed by atoms with E-state index in [2.05, 4.69) is 4.72 Å². The van der Waals surface area contributed by atoms with E-state index in [0.717, 1.165) is 0 Å². The number of aliphatic hydroxyl groups is 1. The highest BCUT2D eigenvalue weighted by Gasteiger charge is 2.19. The van der Waals surface area contributed by atoms with Crippen LogP contribution in [0.2, 0.25) is 0 Å². The standard InChI is InChI=1S/C13H21NO5S/c1-4-10(15)7-8-14-20(16,17)13-6-5-11(18-2)9-12(13)19-3/h5-6,9-10,14-15H,4,7-8H2,1-3H3. The highest BCUT2D eigenvalue weighted by Crippen LogP contribution is 2.28. The Morgan fingerprint density at radius 2 is 2.00 bits per heavy atom. The van der Waals surface area contributed by atoms with E-state index in [0.29, 0.717) is 18.6 Å². The zero-order valence-corrected chi connectivity index (χ0v) is 12.7. The van der Waals surface area contributed by atoms with Crippen molar-refractivity contribution in [2.45, 2.75) is 30.8 Å². The number of sulfonamides is 1. The fraction of sp³-hybridized carbons (Fsp3) is 0.538. The molecule has 0 spiro atoms. The lowest BCUT2D eigenvalue weighted by Crippen LogP contribution is -2.27. The van der Waals surface area contributed by atoms with Crippen molar-refractivity contribution in [2.75, 3.05) is 20.8 Å². The first-order chi connectivity index (χ1) is 9.44. The molecule has 7 heteroatoms. The maximum atomic E-state index is 12.2. The number of methoxy groups -OCH3 is 2. The van der Waals surface area contributed by atoms with E-state index in [4.69, 9.17) is 9.47 Å². The normalized spacial score (nSPS) is 13.0. The maximum absolute atomic E-state index is 12.2. The third kappa shape index (κ3) is 4.36. The lowest BCUT2D eigenvalue weighted by molar-refractivity contribution is 0.162. The molecule has 0 saturated carbocycles. The molecule has 0 fully saturated rings. The number of aliphatic hydroxyl groups excluding tert-OH is 1. The van der Waals surface area contributed by atoms with Crippen LogP contribution in [0.1, 0.15) is 19.8 Å². The number of benzene rings is 1. The van der Waals surface area contributed by atoms with Crippen LogP contribution in [0.25, 0.3) is 0 Å². The van der Waals surface area contributed by atoms with Crippen molar-refractivity contribution in [3.8, 4) is 11.5 Å². The second kappa shape index (κ2) is 7.47. The molecule has 0 saturated heterocycles. The molecule has 114 valence electrons. The van der Waals surface area contributed by atoms with E-state index in [1.165, 1.54) is 26.4 Å². The summed E-state index contributed by atoms with van der Waals surface area (Å²) < 4.78 is 36.9. The Kier molecular flexibility index (Phi) is 6.25. The molecule has 0 heterocycles. The van der Waals surface area contributed by atoms with Gasteiger partial charge in [0, 0.05) is 12.6 Å². The van der Waals surface area contributed by atoms with E-state index in [-0.39, 0.29) is 17.2 Å². The topological polar surface area (TPSA) is 84.9 Å². The Balaban J connectivity index is 2.86. The summed E-state index contributed by atoms with van der Waals surface area (Å²) in [5.74, 6) is 0.732. The van der Waals surface area contributed by atoms with Crippen LogP contribution < -0.4 is 14.2 Å². The summed E-state index contributed by atoms with van der Waals surface area (Å²) in [6, 6.07) is 4.49. The molecular weight excluding hydrogens is 282 g/mol. The summed E-state index contributed by atoms with van der Waals surface area (Å²) in [6.45, 7) is 2.01. The van der Waals surface area contributed by atoms with Crippen LogP contribution in [0, 0.1) is 0 Å². The van der Waals surface area contributed by atoms with Crippen molar-refractivity contribution in [3.63, 3.8) is 0 Å². The Morgan fingerprint density at radius 1 is 1.30 bits per heavy atom. The van der Waals surface area contributed by atoms with Gasteiger partial charge in [0.2, 0.25) is 10.0 Å². The monoisotopic (exact) mass is 303 g/mol. The summed E-state index contributed by atoms with van der Waals surface area (Å²) in [5.41, 5.74) is 0. The molecule has 0 bridgehead atoms. The van der Waals surface area contributed by atoms with E-state index >= 15 is 0 Å². The Bertz CT molecular complexity index is 530. The largest absolute Gasteiger partial charge is 0.497 e. The predicted octanol–water partition coefficient (Wildman–Crippen LogP) is 1.14. The van der Waals surface area contributed by atoms with Crippen LogP contribution in [-0.2, 0) is 10.0 Å². The van der Waals surface area contributed by atoms with E-state index < -0.39 is 16.1 Å². The van der Waals surface area contributed by atoms with Crippen molar-refractivity contribution in [2.24, 2.45) is 0 Å². The molecule has 20 heavy (non-hydrogen) atoms. The molecule has 0 aliphatic carbocycles. The molecule has 1 atom stereocenters. The quantitative estimate of drug-likeness (QED) is 0.752. The predicted molar refractivity (Wildman–Crippen MR) is 75.6 cm³/mol. The number of ether oxygens (including phenoxy) is 2. The summed E-state index contributed by atoms with van der Waals surface area (Å²) >= 11 is 0. The molecule has 0 aliphatic rings. The van der Waals surface area contributed by atoms with Gasteiger partial charge in [0.15, 0.2) is 0 Å². The number of nitrogens with one attached hydrogen (secondary N) is 1. The van der Waals surface area contributed by atoms with Crippen LogP contribution in [0.3, 0.4) is 0 Å². The Morgan fingerprint density at radius 3 is 2.55 bits per heavy atom. The fourth-order valence-electron chi connectivity index (χ4n) is 1.64. The fourth-order valence-corrected chi connectivity index (χ4v) is 2.84. The van der Waals surface area contributed by atoms with Gasteiger partial charge >= 0.3 is 0 Å². The summed E-state index contributed by atoms with van der Waals surface area (Å²) in [6.07, 6.45) is 0.456. The van der Waals surface area contributed by atoms with Crippen molar-refractivity contribution >= 4 is 10.0 Å². The minimum Gasteiger partial charge on any atom is -0.497 e. The van der Waals surface area contributed by atoms with Gasteiger partial charge in [-0.15, -0.1) is 0 Å². The van der Waals surface area contributed by atoms with E-state index in [9.17, 15) is 13.5 Å². The Hall–Kier alpha value is -1.31. The smallest absolute Gasteiger partial charge is 0.244 e. The zero-order chi connectivity index (χ0) is 15.2. The SMILES string of the molecule is CCC(O)CCNS(=O)(=O)c1ccc(OC)cc1OC. The third-order valence-corrected chi connectivity index (χ3v) is 4.40. The molecule has 1 aromatic rings. The highest BCUT2D eigenvalue weighted by atomic mass is 32.2. The Labute approximate surface area is 119 Å². The first-order valence-electron chi connectivity index (χ1n) is 6.34. The molecule has 0 aromatic heterocycles. The summed E-state index contributed by atoms with van der Waals surface area (Å²) in [7, 11) is -0.783. The highest BCUT2D eigenvalue weighted by molar-refractivity contribution is 7.89. The second-order valence-corrected chi connectivity index (χ2v) is 6.00. The van der Waals surface area contributed by atoms with E-state index in [1.54, 1.807) is 6.07 Å². The van der Waals surface area contributed by atoms with Crippen molar-refractivity contribution < 1.29 is 23.0 Å². The van der Waals surface area contributed by atoms with Crippen molar-refractivity contribution in [1.29, 1.82) is 0 Å². The second-order valence-electron chi connectivity index (χ2n) is 4.27. The van der Waals surface area contributed by atoms with Crippen LogP contribution in [0.15, 0.2) is 23.1 Å². The van der Waals surface area contributed by atoms with Gasteiger partial charge in [-0.25, -0.2) is 13.1 Å². The molecule has 1 unspecified atom stereocenters. The molecule has 0 amide bonds. The van der Waals surface area contributed by atoms with Gasteiger partial charge in [0.25, 0.3) is 0 Å². The molecule has 2 N–H and O–H groups in total.